The first-order valence-electron chi connectivity index (χ1n) is 5.91. The molecule has 0 saturated heterocycles. The number of hydrogen-bond donors (Lipinski definition) is 1. The Hall–Kier alpha value is -2.27. The summed E-state index contributed by atoms with van der Waals surface area (Å²) in [5.74, 6) is 0.616. The number of nitrogens with zero attached hydrogens (tertiary/aromatic N) is 1. The van der Waals surface area contributed by atoms with Crippen molar-refractivity contribution in [2.45, 2.75) is 6.54 Å². The van der Waals surface area contributed by atoms with Crippen molar-refractivity contribution < 1.29 is 9.66 Å². The molecule has 20 heavy (non-hydrogen) atoms. The quantitative estimate of drug-likeness (QED) is 0.671. The Kier molecular flexibility index (Phi) is 4.42. The normalized spacial score (nSPS) is 10.1. The second-order valence-electron chi connectivity index (χ2n) is 4.13. The monoisotopic (exact) mass is 292 g/mol. The van der Waals surface area contributed by atoms with Crippen LogP contribution in [0.2, 0.25) is 5.02 Å². The first kappa shape index (κ1) is 14.1. The average molecular weight is 293 g/mol. The van der Waals surface area contributed by atoms with Crippen molar-refractivity contribution in [2.75, 3.05) is 12.4 Å². The lowest BCUT2D eigenvalue weighted by Crippen LogP contribution is -2.00. The van der Waals surface area contributed by atoms with Crippen LogP contribution in [-0.4, -0.2) is 12.0 Å². The van der Waals surface area contributed by atoms with Crippen molar-refractivity contribution in [1.82, 2.24) is 0 Å². The molecule has 0 unspecified atom stereocenters. The Morgan fingerprint density at radius 1 is 1.30 bits per heavy atom. The molecule has 2 aromatic carbocycles. The summed E-state index contributed by atoms with van der Waals surface area (Å²) in [5.41, 5.74) is 1.70. The van der Waals surface area contributed by atoms with E-state index in [-0.39, 0.29) is 5.69 Å². The average Bonchev–Trinajstić information content (AvgIpc) is 2.45. The minimum absolute atomic E-state index is 0.0581. The number of halogens is 1. The number of nitro benzene ring substituents is 1. The molecule has 0 aliphatic heterocycles. The number of nitrogens with one attached hydrogen (secondary N) is 1. The van der Waals surface area contributed by atoms with Crippen LogP contribution in [0.25, 0.3) is 0 Å². The Balaban J connectivity index is 2.07. The summed E-state index contributed by atoms with van der Waals surface area (Å²) in [6, 6.07) is 11.8. The fourth-order valence-electron chi connectivity index (χ4n) is 1.75. The SMILES string of the molecule is COc1ccc(CNc2cccc([N+](=O)[O-])c2)cc1Cl. The molecule has 5 nitrogen and oxygen atoms in total. The summed E-state index contributed by atoms with van der Waals surface area (Å²) >= 11 is 6.04. The Morgan fingerprint density at radius 3 is 2.75 bits per heavy atom. The highest BCUT2D eigenvalue weighted by atomic mass is 35.5. The molecule has 2 rings (SSSR count). The van der Waals surface area contributed by atoms with Gasteiger partial charge in [-0.3, -0.25) is 10.1 Å². The molecule has 0 aromatic heterocycles. The van der Waals surface area contributed by atoms with Crippen LogP contribution in [0.3, 0.4) is 0 Å². The molecular weight excluding hydrogens is 280 g/mol. The largest absolute Gasteiger partial charge is 0.495 e. The van der Waals surface area contributed by atoms with E-state index in [9.17, 15) is 10.1 Å². The van der Waals surface area contributed by atoms with E-state index in [1.54, 1.807) is 31.4 Å². The Bertz CT molecular complexity index is 632. The highest BCUT2D eigenvalue weighted by Crippen LogP contribution is 2.25. The van der Waals surface area contributed by atoms with Crippen molar-refractivity contribution in [2.24, 2.45) is 0 Å². The van der Waals surface area contributed by atoms with Gasteiger partial charge < -0.3 is 10.1 Å². The van der Waals surface area contributed by atoms with Gasteiger partial charge in [0.05, 0.1) is 17.1 Å². The lowest BCUT2D eigenvalue weighted by atomic mass is 10.2. The molecule has 0 aliphatic carbocycles. The summed E-state index contributed by atoms with van der Waals surface area (Å²) in [4.78, 5) is 10.3. The van der Waals surface area contributed by atoms with Crippen LogP contribution in [0.5, 0.6) is 5.75 Å². The zero-order valence-corrected chi connectivity index (χ0v) is 11.6. The predicted molar refractivity (Wildman–Crippen MR) is 78.4 cm³/mol. The number of hydrogen-bond acceptors (Lipinski definition) is 4. The first-order valence-corrected chi connectivity index (χ1v) is 6.28. The number of rotatable bonds is 5. The van der Waals surface area contributed by atoms with Crippen molar-refractivity contribution in [3.05, 3.63) is 63.2 Å². The molecule has 0 fully saturated rings. The number of anilines is 1. The van der Waals surface area contributed by atoms with Gasteiger partial charge in [-0.1, -0.05) is 23.7 Å². The standard InChI is InChI=1S/C14H13ClN2O3/c1-20-14-6-5-10(7-13(14)15)9-16-11-3-2-4-12(8-11)17(18)19/h2-8,16H,9H2,1H3. The Labute approximate surface area is 121 Å². The predicted octanol–water partition coefficient (Wildman–Crippen LogP) is 3.87. The fourth-order valence-corrected chi connectivity index (χ4v) is 2.03. The molecule has 104 valence electrons. The van der Waals surface area contributed by atoms with Gasteiger partial charge in [-0.05, 0) is 23.8 Å². The maximum atomic E-state index is 10.7. The zero-order valence-electron chi connectivity index (χ0n) is 10.8. The van der Waals surface area contributed by atoms with Gasteiger partial charge in [-0.15, -0.1) is 0 Å². The topological polar surface area (TPSA) is 64.4 Å². The van der Waals surface area contributed by atoms with Crippen LogP contribution < -0.4 is 10.1 Å². The lowest BCUT2D eigenvalue weighted by Gasteiger charge is -2.08. The minimum atomic E-state index is -0.421. The van der Waals surface area contributed by atoms with Gasteiger partial charge in [-0.25, -0.2) is 0 Å². The highest BCUT2D eigenvalue weighted by molar-refractivity contribution is 6.32. The van der Waals surface area contributed by atoms with Crippen LogP contribution in [-0.2, 0) is 6.54 Å². The number of non-ortho nitro benzene ring substituents is 1. The molecule has 0 amide bonds. The van der Waals surface area contributed by atoms with Gasteiger partial charge in [0.1, 0.15) is 5.75 Å². The summed E-state index contributed by atoms with van der Waals surface area (Å²) in [6.45, 7) is 0.519. The molecule has 0 bridgehead atoms. The van der Waals surface area contributed by atoms with E-state index in [4.69, 9.17) is 16.3 Å². The third-order valence-electron chi connectivity index (χ3n) is 2.77. The van der Waals surface area contributed by atoms with Crippen molar-refractivity contribution in [1.29, 1.82) is 0 Å². The van der Waals surface area contributed by atoms with E-state index in [1.807, 2.05) is 6.07 Å². The molecule has 0 radical (unpaired) electrons. The fraction of sp³-hybridized carbons (Fsp3) is 0.143. The van der Waals surface area contributed by atoms with E-state index in [0.717, 1.165) is 5.56 Å². The van der Waals surface area contributed by atoms with Crippen LogP contribution >= 0.6 is 11.6 Å². The van der Waals surface area contributed by atoms with Gasteiger partial charge in [0.25, 0.3) is 5.69 Å². The maximum Gasteiger partial charge on any atom is 0.271 e. The van der Waals surface area contributed by atoms with Crippen LogP contribution in [0.1, 0.15) is 5.56 Å². The third kappa shape index (κ3) is 3.39. The van der Waals surface area contributed by atoms with Gasteiger partial charge in [-0.2, -0.15) is 0 Å². The van der Waals surface area contributed by atoms with Crippen LogP contribution in [0.15, 0.2) is 42.5 Å². The van der Waals surface area contributed by atoms with E-state index in [2.05, 4.69) is 5.32 Å². The van der Waals surface area contributed by atoms with Gasteiger partial charge in [0.2, 0.25) is 0 Å². The summed E-state index contributed by atoms with van der Waals surface area (Å²) in [5, 5.41) is 14.3. The second-order valence-corrected chi connectivity index (χ2v) is 4.54. The Morgan fingerprint density at radius 2 is 2.10 bits per heavy atom. The van der Waals surface area contributed by atoms with Crippen LogP contribution in [0, 0.1) is 10.1 Å². The highest BCUT2D eigenvalue weighted by Gasteiger charge is 2.06. The van der Waals surface area contributed by atoms with Gasteiger partial charge >= 0.3 is 0 Å². The first-order chi connectivity index (χ1) is 9.60. The van der Waals surface area contributed by atoms with Gasteiger partial charge in [0, 0.05) is 24.4 Å². The third-order valence-corrected chi connectivity index (χ3v) is 3.07. The molecule has 0 saturated carbocycles. The van der Waals surface area contributed by atoms with Gasteiger partial charge in [0.15, 0.2) is 0 Å². The summed E-state index contributed by atoms with van der Waals surface area (Å²) < 4.78 is 5.08. The summed E-state index contributed by atoms with van der Waals surface area (Å²) in [7, 11) is 1.56. The molecule has 0 heterocycles. The van der Waals surface area contributed by atoms with E-state index < -0.39 is 4.92 Å². The van der Waals surface area contributed by atoms with E-state index in [1.165, 1.54) is 12.1 Å². The second kappa shape index (κ2) is 6.25. The van der Waals surface area contributed by atoms with E-state index >= 15 is 0 Å². The molecule has 2 aromatic rings. The maximum absolute atomic E-state index is 10.7. The lowest BCUT2D eigenvalue weighted by molar-refractivity contribution is -0.384. The molecule has 0 aliphatic rings. The number of nitro groups is 1. The van der Waals surface area contributed by atoms with E-state index in [0.29, 0.717) is 23.0 Å². The smallest absolute Gasteiger partial charge is 0.271 e. The molecule has 1 N–H and O–H groups in total. The zero-order chi connectivity index (χ0) is 14.5. The molecule has 0 atom stereocenters. The summed E-state index contributed by atoms with van der Waals surface area (Å²) in [6.07, 6.45) is 0. The van der Waals surface area contributed by atoms with Crippen LogP contribution in [0.4, 0.5) is 11.4 Å². The number of benzene rings is 2. The number of ether oxygens (including phenoxy) is 1. The van der Waals surface area contributed by atoms with Crippen molar-refractivity contribution in [3.8, 4) is 5.75 Å². The molecule has 0 spiro atoms. The van der Waals surface area contributed by atoms with Crippen molar-refractivity contribution >= 4 is 23.0 Å². The van der Waals surface area contributed by atoms with Crippen molar-refractivity contribution in [3.63, 3.8) is 0 Å². The minimum Gasteiger partial charge on any atom is -0.495 e. The molecule has 6 heteroatoms. The molecular formula is C14H13ClN2O3. The number of methoxy groups -OCH3 is 1.